The highest BCUT2D eigenvalue weighted by Gasteiger charge is 2.32. The molecular weight excluding hydrogens is 184 g/mol. The van der Waals surface area contributed by atoms with Crippen LogP contribution in [0.2, 0.25) is 0 Å². The van der Waals surface area contributed by atoms with Crippen molar-refractivity contribution >= 4 is 11.8 Å². The van der Waals surface area contributed by atoms with Gasteiger partial charge in [-0.3, -0.25) is 9.59 Å². The first-order valence-electron chi connectivity index (χ1n) is 4.24. The molecule has 78 valence electrons. The van der Waals surface area contributed by atoms with Gasteiger partial charge in [0, 0.05) is 6.61 Å². The van der Waals surface area contributed by atoms with Gasteiger partial charge >= 0.3 is 5.97 Å². The fourth-order valence-electron chi connectivity index (χ4n) is 1.05. The second-order valence-corrected chi connectivity index (χ2v) is 2.65. The van der Waals surface area contributed by atoms with E-state index in [1.165, 1.54) is 14.0 Å². The van der Waals surface area contributed by atoms with E-state index < -0.39 is 18.0 Å². The third kappa shape index (κ3) is 3.19. The van der Waals surface area contributed by atoms with Crippen molar-refractivity contribution in [3.05, 3.63) is 0 Å². The predicted octanol–water partition coefficient (Wildman–Crippen LogP) is 0.403. The smallest absolute Gasteiger partial charge is 0.319 e. The zero-order valence-electron chi connectivity index (χ0n) is 8.57. The summed E-state index contributed by atoms with van der Waals surface area (Å²) in [6.45, 7) is 3.36. The van der Waals surface area contributed by atoms with Crippen LogP contribution in [0.4, 0.5) is 0 Å². The van der Waals surface area contributed by atoms with Crippen LogP contribution in [0.15, 0.2) is 0 Å². The van der Waals surface area contributed by atoms with Gasteiger partial charge in [0.1, 0.15) is 11.9 Å². The van der Waals surface area contributed by atoms with Gasteiger partial charge in [-0.2, -0.15) is 0 Å². The molecule has 0 heterocycles. The fourth-order valence-corrected chi connectivity index (χ4v) is 1.05. The van der Waals surface area contributed by atoms with E-state index >= 15 is 0 Å². The van der Waals surface area contributed by atoms with Crippen molar-refractivity contribution in [3.8, 4) is 12.3 Å². The Bertz CT molecular complexity index is 251. The number of hydrogen-bond acceptors (Lipinski definition) is 4. The van der Waals surface area contributed by atoms with Gasteiger partial charge in [0.25, 0.3) is 0 Å². The van der Waals surface area contributed by atoms with Crippen LogP contribution in [-0.2, 0) is 19.1 Å². The minimum Gasteiger partial charge on any atom is -0.468 e. The van der Waals surface area contributed by atoms with E-state index in [1.807, 2.05) is 0 Å². The first kappa shape index (κ1) is 12.7. The average molecular weight is 198 g/mol. The first-order chi connectivity index (χ1) is 6.58. The van der Waals surface area contributed by atoms with Gasteiger partial charge in [0.2, 0.25) is 0 Å². The molecule has 14 heavy (non-hydrogen) atoms. The minimum absolute atomic E-state index is 0.343. The van der Waals surface area contributed by atoms with Crippen molar-refractivity contribution in [1.82, 2.24) is 0 Å². The maximum absolute atomic E-state index is 11.2. The highest BCUT2D eigenvalue weighted by atomic mass is 16.5. The molecule has 4 nitrogen and oxygen atoms in total. The molecule has 0 bridgehead atoms. The van der Waals surface area contributed by atoms with Crippen LogP contribution in [0.3, 0.4) is 0 Å². The van der Waals surface area contributed by atoms with E-state index in [4.69, 9.17) is 11.2 Å². The Kier molecular flexibility index (Phi) is 5.58. The number of Topliss-reactive ketones (excluding diaryl/α,β-unsaturated/α-hetero) is 1. The summed E-state index contributed by atoms with van der Waals surface area (Å²) in [5.74, 6) is 0.221. The molecule has 0 aromatic heterocycles. The van der Waals surface area contributed by atoms with E-state index in [-0.39, 0.29) is 5.78 Å². The van der Waals surface area contributed by atoms with E-state index in [9.17, 15) is 9.59 Å². The number of carbonyl (C=O) groups is 2. The molecule has 0 radical (unpaired) electrons. The van der Waals surface area contributed by atoms with Gasteiger partial charge in [-0.25, -0.2) is 0 Å². The predicted molar refractivity (Wildman–Crippen MR) is 50.4 cm³/mol. The highest BCUT2D eigenvalue weighted by Crippen LogP contribution is 2.11. The molecule has 0 aliphatic heterocycles. The second kappa shape index (κ2) is 6.17. The maximum atomic E-state index is 11.2. The summed E-state index contributed by atoms with van der Waals surface area (Å²) in [6, 6.07) is 0. The number of carbonyl (C=O) groups excluding carboxylic acids is 2. The number of hydrogen-bond donors (Lipinski definition) is 0. The molecule has 0 fully saturated rings. The number of methoxy groups -OCH3 is 1. The molecule has 0 unspecified atom stereocenters. The van der Waals surface area contributed by atoms with E-state index in [0.717, 1.165) is 0 Å². The zero-order valence-corrected chi connectivity index (χ0v) is 8.57. The molecule has 0 aliphatic rings. The third-order valence-corrected chi connectivity index (χ3v) is 1.71. The second-order valence-electron chi connectivity index (χ2n) is 2.65. The molecule has 0 aliphatic carbocycles. The van der Waals surface area contributed by atoms with Crippen molar-refractivity contribution in [1.29, 1.82) is 0 Å². The molecule has 0 N–H and O–H groups in total. The van der Waals surface area contributed by atoms with Crippen molar-refractivity contribution in [2.24, 2.45) is 5.92 Å². The Morgan fingerprint density at radius 3 is 2.36 bits per heavy atom. The van der Waals surface area contributed by atoms with Crippen LogP contribution in [0, 0.1) is 18.3 Å². The van der Waals surface area contributed by atoms with Gasteiger partial charge in [-0.05, 0) is 13.8 Å². The molecule has 0 aromatic rings. The van der Waals surface area contributed by atoms with Crippen molar-refractivity contribution in [2.75, 3.05) is 13.7 Å². The Morgan fingerprint density at radius 1 is 1.50 bits per heavy atom. The average Bonchev–Trinajstić information content (AvgIpc) is 2.16. The molecule has 0 amide bonds. The van der Waals surface area contributed by atoms with E-state index in [0.29, 0.717) is 6.61 Å². The molecule has 0 spiro atoms. The quantitative estimate of drug-likeness (QED) is 0.364. The highest BCUT2D eigenvalue weighted by molar-refractivity contribution is 5.98. The summed E-state index contributed by atoms with van der Waals surface area (Å²) in [4.78, 5) is 22.4. The summed E-state index contributed by atoms with van der Waals surface area (Å²) in [7, 11) is 1.21. The van der Waals surface area contributed by atoms with Gasteiger partial charge in [-0.1, -0.05) is 5.92 Å². The Hall–Kier alpha value is -1.34. The molecule has 0 rings (SSSR count). The van der Waals surface area contributed by atoms with Crippen LogP contribution in [-0.4, -0.2) is 31.6 Å². The Morgan fingerprint density at radius 2 is 2.07 bits per heavy atom. The molecule has 0 saturated heterocycles. The Labute approximate surface area is 83.6 Å². The van der Waals surface area contributed by atoms with Gasteiger partial charge in [0.15, 0.2) is 5.92 Å². The molecule has 0 aromatic carbocycles. The van der Waals surface area contributed by atoms with Crippen molar-refractivity contribution in [3.63, 3.8) is 0 Å². The third-order valence-electron chi connectivity index (χ3n) is 1.71. The van der Waals surface area contributed by atoms with Crippen LogP contribution in [0.1, 0.15) is 13.8 Å². The monoisotopic (exact) mass is 198 g/mol. The maximum Gasteiger partial charge on any atom is 0.319 e. The lowest BCUT2D eigenvalue weighted by atomic mass is 9.99. The molecule has 2 atom stereocenters. The number of terminal acetylenes is 1. The summed E-state index contributed by atoms with van der Waals surface area (Å²) in [5.41, 5.74) is 0. The lowest BCUT2D eigenvalue weighted by Gasteiger charge is -2.17. The Balaban J connectivity index is 4.71. The molecule has 4 heteroatoms. The lowest BCUT2D eigenvalue weighted by Crippen LogP contribution is -2.35. The lowest BCUT2D eigenvalue weighted by molar-refractivity contribution is -0.153. The zero-order chi connectivity index (χ0) is 11.1. The van der Waals surface area contributed by atoms with Crippen molar-refractivity contribution in [2.45, 2.75) is 20.0 Å². The summed E-state index contributed by atoms with van der Waals surface area (Å²) < 4.78 is 9.55. The largest absolute Gasteiger partial charge is 0.468 e. The van der Waals surface area contributed by atoms with Crippen LogP contribution >= 0.6 is 0 Å². The number of rotatable bonds is 5. The van der Waals surface area contributed by atoms with E-state index in [1.54, 1.807) is 6.92 Å². The molecular formula is C10H14O4. The topological polar surface area (TPSA) is 52.6 Å². The summed E-state index contributed by atoms with van der Waals surface area (Å²) >= 11 is 0. The number of ketones is 1. The standard InChI is InChI=1S/C10H14O4/c1-5-8(14-6-2)9(7(3)11)10(12)13-4/h1,8-9H,6H2,2-4H3/t8-,9-/m0/s1. The summed E-state index contributed by atoms with van der Waals surface area (Å²) in [5, 5.41) is 0. The van der Waals surface area contributed by atoms with Crippen molar-refractivity contribution < 1.29 is 19.1 Å². The summed E-state index contributed by atoms with van der Waals surface area (Å²) in [6.07, 6.45) is 4.31. The normalized spacial score (nSPS) is 13.9. The minimum atomic E-state index is -1.02. The van der Waals surface area contributed by atoms with Crippen LogP contribution in [0.25, 0.3) is 0 Å². The first-order valence-corrected chi connectivity index (χ1v) is 4.24. The van der Waals surface area contributed by atoms with Crippen LogP contribution in [0.5, 0.6) is 0 Å². The van der Waals surface area contributed by atoms with Gasteiger partial charge in [-0.15, -0.1) is 6.42 Å². The number of esters is 1. The number of ether oxygens (including phenoxy) is 2. The SMILES string of the molecule is C#C[C@H](OCC)[C@H](C(C)=O)C(=O)OC. The van der Waals surface area contributed by atoms with E-state index in [2.05, 4.69) is 10.7 Å². The van der Waals surface area contributed by atoms with Crippen LogP contribution < -0.4 is 0 Å². The molecule has 0 saturated carbocycles. The van der Waals surface area contributed by atoms with Gasteiger partial charge < -0.3 is 9.47 Å². The van der Waals surface area contributed by atoms with Gasteiger partial charge in [0.05, 0.1) is 7.11 Å². The fraction of sp³-hybridized carbons (Fsp3) is 0.600.